The number of guanidine groups is 1. The number of hydrogen-bond donors (Lipinski definition) is 3. The highest BCUT2D eigenvalue weighted by Crippen LogP contribution is 2.18. The third-order valence-electron chi connectivity index (χ3n) is 5.39. The van der Waals surface area contributed by atoms with Gasteiger partial charge in [0.05, 0.1) is 18.6 Å². The summed E-state index contributed by atoms with van der Waals surface area (Å²) in [6.07, 6.45) is 2.95. The number of primary amides is 1. The normalized spacial score (nSPS) is 18.8. The minimum Gasteiger partial charge on any atom is -0.493 e. The molecule has 4 N–H and O–H groups in total. The fourth-order valence-corrected chi connectivity index (χ4v) is 3.60. The van der Waals surface area contributed by atoms with Gasteiger partial charge in [-0.1, -0.05) is 26.0 Å². The van der Waals surface area contributed by atoms with Gasteiger partial charge in [-0.3, -0.25) is 9.79 Å². The first-order valence-corrected chi connectivity index (χ1v) is 11.1. The monoisotopic (exact) mass is 417 g/mol. The van der Waals surface area contributed by atoms with Gasteiger partial charge >= 0.3 is 0 Å². The Kier molecular flexibility index (Phi) is 9.94. The lowest BCUT2D eigenvalue weighted by Crippen LogP contribution is -2.43. The number of rotatable bonds is 10. The second-order valence-corrected chi connectivity index (χ2v) is 8.53. The molecule has 1 heterocycles. The lowest BCUT2D eigenvalue weighted by molar-refractivity contribution is -0.123. The number of nitrogens with two attached hydrogens (primary N) is 1. The first kappa shape index (κ1) is 24.0. The molecule has 0 radical (unpaired) electrons. The lowest BCUT2D eigenvalue weighted by atomic mass is 9.97. The van der Waals surface area contributed by atoms with Crippen molar-refractivity contribution < 1.29 is 9.53 Å². The highest BCUT2D eigenvalue weighted by Gasteiger charge is 2.23. The summed E-state index contributed by atoms with van der Waals surface area (Å²) in [6.45, 7) is 10.7. The molecule has 2 unspecified atom stereocenters. The van der Waals surface area contributed by atoms with Crippen LogP contribution in [0.25, 0.3) is 0 Å². The minimum atomic E-state index is -0.170. The van der Waals surface area contributed by atoms with E-state index in [0.29, 0.717) is 5.92 Å². The van der Waals surface area contributed by atoms with Gasteiger partial charge < -0.3 is 26.0 Å². The van der Waals surface area contributed by atoms with Crippen LogP contribution < -0.4 is 21.1 Å². The number of carbonyl (C=O) groups excluding carboxylic acids is 1. The fraction of sp³-hybridized carbons (Fsp3) is 0.652. The van der Waals surface area contributed by atoms with E-state index in [1.807, 2.05) is 12.1 Å². The molecule has 0 bridgehead atoms. The predicted octanol–water partition coefficient (Wildman–Crippen LogP) is 2.53. The van der Waals surface area contributed by atoms with E-state index in [-0.39, 0.29) is 17.9 Å². The third kappa shape index (κ3) is 8.22. The van der Waals surface area contributed by atoms with Crippen LogP contribution in [0.4, 0.5) is 0 Å². The molecule has 0 aromatic heterocycles. The molecule has 1 aromatic rings. The molecule has 1 aliphatic heterocycles. The molecule has 1 aliphatic rings. The number of amides is 1. The van der Waals surface area contributed by atoms with Crippen LogP contribution in [0, 0.1) is 11.8 Å². The molecule has 1 amide bonds. The van der Waals surface area contributed by atoms with Crippen LogP contribution in [-0.2, 0) is 4.79 Å². The standard InChI is InChI=1S/C23H39N5O2/c1-17(2)16-30-21-10-8-19(9-11-21)18(3)27-23(25-4)26-12-6-14-28-13-5-7-20(15-28)22(24)29/h8-11,17-18,20H,5-7,12-16H2,1-4H3,(H2,24,29)(H2,25,26,27). The van der Waals surface area contributed by atoms with Crippen molar-refractivity contribution in [2.75, 3.05) is 39.8 Å². The number of hydrogen-bond acceptors (Lipinski definition) is 4. The van der Waals surface area contributed by atoms with Crippen LogP contribution in [0.1, 0.15) is 51.6 Å². The molecule has 1 aromatic carbocycles. The number of likely N-dealkylation sites (tertiary alicyclic amines) is 1. The summed E-state index contributed by atoms with van der Waals surface area (Å²) in [5.74, 6) is 2.04. The van der Waals surface area contributed by atoms with E-state index in [1.165, 1.54) is 5.56 Å². The summed E-state index contributed by atoms with van der Waals surface area (Å²) in [4.78, 5) is 18.1. The van der Waals surface area contributed by atoms with E-state index in [0.717, 1.165) is 63.8 Å². The van der Waals surface area contributed by atoms with E-state index < -0.39 is 0 Å². The lowest BCUT2D eigenvalue weighted by Gasteiger charge is -2.31. The van der Waals surface area contributed by atoms with Crippen molar-refractivity contribution >= 4 is 11.9 Å². The van der Waals surface area contributed by atoms with Crippen molar-refractivity contribution in [2.24, 2.45) is 22.6 Å². The third-order valence-corrected chi connectivity index (χ3v) is 5.39. The van der Waals surface area contributed by atoms with E-state index >= 15 is 0 Å². The molecule has 1 fully saturated rings. The minimum absolute atomic E-state index is 0.00384. The molecule has 0 spiro atoms. The molecule has 2 atom stereocenters. The van der Waals surface area contributed by atoms with Gasteiger partial charge in [0.25, 0.3) is 0 Å². The Morgan fingerprint density at radius 2 is 2.03 bits per heavy atom. The van der Waals surface area contributed by atoms with Gasteiger partial charge in [-0.25, -0.2) is 0 Å². The van der Waals surface area contributed by atoms with Gasteiger partial charge in [0.1, 0.15) is 5.75 Å². The Bertz CT molecular complexity index is 675. The summed E-state index contributed by atoms with van der Waals surface area (Å²) in [7, 11) is 1.78. The van der Waals surface area contributed by atoms with Crippen molar-refractivity contribution in [1.29, 1.82) is 0 Å². The molecular weight excluding hydrogens is 378 g/mol. The fourth-order valence-electron chi connectivity index (χ4n) is 3.60. The number of nitrogens with one attached hydrogen (secondary N) is 2. The molecule has 7 nitrogen and oxygen atoms in total. The van der Waals surface area contributed by atoms with Crippen molar-refractivity contribution in [1.82, 2.24) is 15.5 Å². The van der Waals surface area contributed by atoms with Crippen LogP contribution in [0.3, 0.4) is 0 Å². The van der Waals surface area contributed by atoms with E-state index in [4.69, 9.17) is 10.5 Å². The Morgan fingerprint density at radius 1 is 1.30 bits per heavy atom. The molecule has 0 aliphatic carbocycles. The Balaban J connectivity index is 1.71. The van der Waals surface area contributed by atoms with Crippen LogP contribution in [0.2, 0.25) is 0 Å². The average molecular weight is 418 g/mol. The zero-order valence-corrected chi connectivity index (χ0v) is 19.0. The number of carbonyl (C=O) groups is 1. The van der Waals surface area contributed by atoms with Gasteiger partial charge in [-0.05, 0) is 62.9 Å². The second kappa shape index (κ2) is 12.4. The highest BCUT2D eigenvalue weighted by molar-refractivity contribution is 5.80. The predicted molar refractivity (Wildman–Crippen MR) is 123 cm³/mol. The van der Waals surface area contributed by atoms with Crippen molar-refractivity contribution in [3.8, 4) is 5.75 Å². The number of benzene rings is 1. The zero-order chi connectivity index (χ0) is 21.9. The molecule has 0 saturated carbocycles. The summed E-state index contributed by atoms with van der Waals surface area (Å²) in [6, 6.07) is 8.35. The van der Waals surface area contributed by atoms with Gasteiger partial charge in [0.15, 0.2) is 5.96 Å². The van der Waals surface area contributed by atoms with E-state index in [1.54, 1.807) is 7.05 Å². The van der Waals surface area contributed by atoms with Crippen LogP contribution in [-0.4, -0.2) is 56.6 Å². The SMILES string of the molecule is CN=C(NCCCN1CCCC(C(N)=O)C1)NC(C)c1ccc(OCC(C)C)cc1. The van der Waals surface area contributed by atoms with Crippen LogP contribution in [0.5, 0.6) is 5.75 Å². The molecule has 7 heteroatoms. The van der Waals surface area contributed by atoms with Gasteiger partial charge in [0.2, 0.25) is 5.91 Å². The first-order valence-electron chi connectivity index (χ1n) is 11.1. The highest BCUT2D eigenvalue weighted by atomic mass is 16.5. The first-order chi connectivity index (χ1) is 14.4. The molecule has 168 valence electrons. The smallest absolute Gasteiger partial charge is 0.221 e. The Morgan fingerprint density at radius 3 is 2.67 bits per heavy atom. The van der Waals surface area contributed by atoms with Crippen molar-refractivity contribution in [3.05, 3.63) is 29.8 Å². The maximum absolute atomic E-state index is 11.4. The summed E-state index contributed by atoms with van der Waals surface area (Å²) in [5, 5.41) is 6.82. The van der Waals surface area contributed by atoms with Gasteiger partial charge in [0, 0.05) is 20.1 Å². The Labute approximate surface area is 181 Å². The molecule has 2 rings (SSSR count). The second-order valence-electron chi connectivity index (χ2n) is 8.53. The van der Waals surface area contributed by atoms with Gasteiger partial charge in [-0.15, -0.1) is 0 Å². The number of ether oxygens (including phenoxy) is 1. The van der Waals surface area contributed by atoms with Gasteiger partial charge in [-0.2, -0.15) is 0 Å². The van der Waals surface area contributed by atoms with Crippen molar-refractivity contribution in [3.63, 3.8) is 0 Å². The number of piperidine rings is 1. The molecule has 30 heavy (non-hydrogen) atoms. The van der Waals surface area contributed by atoms with Crippen LogP contribution >= 0.6 is 0 Å². The molecule has 1 saturated heterocycles. The van der Waals surface area contributed by atoms with E-state index in [9.17, 15) is 4.79 Å². The largest absolute Gasteiger partial charge is 0.493 e. The summed E-state index contributed by atoms with van der Waals surface area (Å²) >= 11 is 0. The number of nitrogens with zero attached hydrogens (tertiary/aromatic N) is 2. The zero-order valence-electron chi connectivity index (χ0n) is 19.0. The average Bonchev–Trinajstić information content (AvgIpc) is 2.74. The topological polar surface area (TPSA) is 92.0 Å². The van der Waals surface area contributed by atoms with E-state index in [2.05, 4.69) is 53.4 Å². The van der Waals surface area contributed by atoms with Crippen molar-refractivity contribution in [2.45, 2.75) is 46.1 Å². The summed E-state index contributed by atoms with van der Waals surface area (Å²) < 4.78 is 5.75. The quantitative estimate of drug-likeness (QED) is 0.309. The van der Waals surface area contributed by atoms with Crippen LogP contribution in [0.15, 0.2) is 29.3 Å². The molecular formula is C23H39N5O2. The summed E-state index contributed by atoms with van der Waals surface area (Å²) in [5.41, 5.74) is 6.64. The number of aliphatic imine (C=N–C) groups is 1. The Hall–Kier alpha value is -2.28. The maximum atomic E-state index is 11.4. The maximum Gasteiger partial charge on any atom is 0.221 e.